The van der Waals surface area contributed by atoms with Gasteiger partial charge in [-0.1, -0.05) is 30.3 Å². The number of carbonyl (C=O) groups is 1. The number of nitrogens with zero attached hydrogens (tertiary/aromatic N) is 1. The lowest BCUT2D eigenvalue weighted by Crippen LogP contribution is -2.34. The molecule has 0 aliphatic carbocycles. The molecule has 98 valence electrons. The Morgan fingerprint density at radius 3 is 2.65 bits per heavy atom. The van der Waals surface area contributed by atoms with Gasteiger partial charge in [-0.25, -0.2) is 0 Å². The zero-order chi connectivity index (χ0) is 13.9. The maximum absolute atomic E-state index is 11.5. The minimum absolute atomic E-state index is 0.106. The molecule has 1 heterocycles. The Hall–Kier alpha value is -2.48. The van der Waals surface area contributed by atoms with Gasteiger partial charge in [0.1, 0.15) is 0 Å². The predicted octanol–water partition coefficient (Wildman–Crippen LogP) is 3.38. The highest BCUT2D eigenvalue weighted by Gasteiger charge is 2.09. The molecule has 20 heavy (non-hydrogen) atoms. The Morgan fingerprint density at radius 1 is 1.00 bits per heavy atom. The van der Waals surface area contributed by atoms with Gasteiger partial charge in [0.2, 0.25) is 5.52 Å². The topological polar surface area (TPSA) is 20.9 Å². The van der Waals surface area contributed by atoms with Crippen molar-refractivity contribution in [2.45, 2.75) is 13.5 Å². The summed E-state index contributed by atoms with van der Waals surface area (Å²) in [5.41, 5.74) is 3.10. The molecule has 0 bridgehead atoms. The van der Waals surface area contributed by atoms with Crippen molar-refractivity contribution in [2.24, 2.45) is 0 Å². The number of aromatic nitrogens is 1. The van der Waals surface area contributed by atoms with Crippen LogP contribution in [0.5, 0.6) is 0 Å². The Morgan fingerprint density at radius 2 is 1.80 bits per heavy atom. The number of fused-ring (bicyclic) bond motifs is 1. The zero-order valence-corrected chi connectivity index (χ0v) is 11.4. The third kappa shape index (κ3) is 2.45. The third-order valence-corrected chi connectivity index (χ3v) is 3.47. The summed E-state index contributed by atoms with van der Waals surface area (Å²) < 4.78 is 2.20. The first-order valence-electron chi connectivity index (χ1n) is 6.71. The number of ketones is 1. The normalized spacial score (nSPS) is 10.7. The predicted molar refractivity (Wildman–Crippen MR) is 79.7 cm³/mol. The summed E-state index contributed by atoms with van der Waals surface area (Å²) in [6.45, 7) is 2.37. The van der Waals surface area contributed by atoms with Gasteiger partial charge in [0.25, 0.3) is 0 Å². The van der Waals surface area contributed by atoms with Crippen molar-refractivity contribution >= 4 is 16.7 Å². The highest BCUT2D eigenvalue weighted by atomic mass is 16.1. The second-order valence-electron chi connectivity index (χ2n) is 4.95. The van der Waals surface area contributed by atoms with Crippen molar-refractivity contribution in [2.75, 3.05) is 0 Å². The van der Waals surface area contributed by atoms with E-state index in [2.05, 4.69) is 41.1 Å². The van der Waals surface area contributed by atoms with Crippen LogP contribution in [0.1, 0.15) is 22.8 Å². The van der Waals surface area contributed by atoms with Crippen molar-refractivity contribution in [3.8, 4) is 0 Å². The van der Waals surface area contributed by atoms with Gasteiger partial charge in [0.15, 0.2) is 18.5 Å². The Bertz CT molecular complexity index is 772. The largest absolute Gasteiger partial charge is 0.295 e. The highest BCUT2D eigenvalue weighted by molar-refractivity contribution is 5.94. The molecule has 0 fully saturated rings. The average Bonchev–Trinajstić information content (AvgIpc) is 2.48. The Kier molecular flexibility index (Phi) is 3.30. The number of carbonyl (C=O) groups excluding carboxylic acids is 1. The quantitative estimate of drug-likeness (QED) is 0.523. The second-order valence-corrected chi connectivity index (χ2v) is 4.95. The summed E-state index contributed by atoms with van der Waals surface area (Å²) in [4.78, 5) is 11.5. The molecule has 0 unspecified atom stereocenters. The van der Waals surface area contributed by atoms with Crippen LogP contribution in [-0.2, 0) is 6.54 Å². The molecule has 0 aliphatic heterocycles. The van der Waals surface area contributed by atoms with E-state index in [-0.39, 0.29) is 5.78 Å². The van der Waals surface area contributed by atoms with E-state index in [1.807, 2.05) is 30.3 Å². The lowest BCUT2D eigenvalue weighted by atomic mass is 10.1. The second kappa shape index (κ2) is 5.25. The van der Waals surface area contributed by atoms with Crippen LogP contribution in [0.25, 0.3) is 10.9 Å². The van der Waals surface area contributed by atoms with E-state index in [9.17, 15) is 4.79 Å². The lowest BCUT2D eigenvalue weighted by Gasteiger charge is -2.03. The van der Waals surface area contributed by atoms with E-state index in [1.54, 1.807) is 6.92 Å². The Labute approximate surface area is 118 Å². The molecule has 0 saturated heterocycles. The van der Waals surface area contributed by atoms with Crippen molar-refractivity contribution in [3.63, 3.8) is 0 Å². The SMILES string of the molecule is CC(=O)c1cccc(C[n+]2cccc3ccccc32)c1. The fourth-order valence-electron chi connectivity index (χ4n) is 2.44. The monoisotopic (exact) mass is 262 g/mol. The molecule has 0 N–H and O–H groups in total. The number of Topliss-reactive ketones (excluding diaryl/α,β-unsaturated/α-hetero) is 1. The minimum atomic E-state index is 0.106. The van der Waals surface area contributed by atoms with Gasteiger partial charge in [-0.05, 0) is 25.1 Å². The third-order valence-electron chi connectivity index (χ3n) is 3.47. The number of hydrogen-bond donors (Lipinski definition) is 0. The Balaban J connectivity index is 2.01. The van der Waals surface area contributed by atoms with Crippen LogP contribution in [0.2, 0.25) is 0 Å². The van der Waals surface area contributed by atoms with E-state index >= 15 is 0 Å². The van der Waals surface area contributed by atoms with Crippen molar-refractivity contribution in [1.82, 2.24) is 0 Å². The average molecular weight is 262 g/mol. The number of hydrogen-bond acceptors (Lipinski definition) is 1. The molecule has 0 spiro atoms. The van der Waals surface area contributed by atoms with Gasteiger partial charge in [-0.15, -0.1) is 0 Å². The summed E-state index contributed by atoms with van der Waals surface area (Å²) in [5.74, 6) is 0.106. The number of rotatable bonds is 3. The summed E-state index contributed by atoms with van der Waals surface area (Å²) >= 11 is 0. The molecule has 2 aromatic carbocycles. The van der Waals surface area contributed by atoms with Crippen LogP contribution >= 0.6 is 0 Å². The lowest BCUT2D eigenvalue weighted by molar-refractivity contribution is -0.662. The van der Waals surface area contributed by atoms with Gasteiger partial charge in [-0.2, -0.15) is 4.57 Å². The van der Waals surface area contributed by atoms with Crippen molar-refractivity contribution < 1.29 is 9.36 Å². The molecule has 0 radical (unpaired) electrons. The fraction of sp³-hybridized carbons (Fsp3) is 0.111. The van der Waals surface area contributed by atoms with Crippen molar-refractivity contribution in [3.05, 3.63) is 78.0 Å². The van der Waals surface area contributed by atoms with E-state index in [4.69, 9.17) is 0 Å². The molecular weight excluding hydrogens is 246 g/mol. The molecule has 0 amide bonds. The van der Waals surface area contributed by atoms with Crippen molar-refractivity contribution in [1.29, 1.82) is 0 Å². The molecule has 1 aromatic heterocycles. The maximum atomic E-state index is 11.5. The highest BCUT2D eigenvalue weighted by Crippen LogP contribution is 2.10. The van der Waals surface area contributed by atoms with Gasteiger partial charge >= 0.3 is 0 Å². The van der Waals surface area contributed by atoms with Gasteiger partial charge < -0.3 is 0 Å². The molecule has 2 heteroatoms. The van der Waals surface area contributed by atoms with E-state index < -0.39 is 0 Å². The molecule has 3 aromatic rings. The van der Waals surface area contributed by atoms with E-state index in [0.717, 1.165) is 17.7 Å². The van der Waals surface area contributed by atoms with Crippen LogP contribution < -0.4 is 4.57 Å². The van der Waals surface area contributed by atoms with Crippen LogP contribution in [0.15, 0.2) is 66.9 Å². The van der Waals surface area contributed by atoms with Crippen LogP contribution in [0, 0.1) is 0 Å². The summed E-state index contributed by atoms with van der Waals surface area (Å²) in [6, 6.07) is 20.3. The molecule has 3 rings (SSSR count). The van der Waals surface area contributed by atoms with E-state index in [0.29, 0.717) is 0 Å². The maximum Gasteiger partial charge on any atom is 0.212 e. The summed E-state index contributed by atoms with van der Waals surface area (Å²) in [6.07, 6.45) is 2.07. The fourth-order valence-corrected chi connectivity index (χ4v) is 2.44. The summed E-state index contributed by atoms with van der Waals surface area (Å²) in [7, 11) is 0. The number of pyridine rings is 1. The first kappa shape index (κ1) is 12.5. The molecular formula is C18H16NO+. The van der Waals surface area contributed by atoms with Gasteiger partial charge in [-0.3, -0.25) is 4.79 Å². The smallest absolute Gasteiger partial charge is 0.212 e. The molecule has 0 aliphatic rings. The van der Waals surface area contributed by atoms with Crippen LogP contribution in [0.3, 0.4) is 0 Å². The van der Waals surface area contributed by atoms with E-state index in [1.165, 1.54) is 10.9 Å². The standard InChI is InChI=1S/C18H16NO/c1-14(20)17-8-4-6-15(12-17)13-19-11-5-9-16-7-2-3-10-18(16)19/h2-12H,13H2,1H3/q+1. The first-order chi connectivity index (χ1) is 9.74. The summed E-state index contributed by atoms with van der Waals surface area (Å²) in [5, 5.41) is 1.22. The zero-order valence-electron chi connectivity index (χ0n) is 11.4. The van der Waals surface area contributed by atoms with Gasteiger partial charge in [0.05, 0.1) is 0 Å². The van der Waals surface area contributed by atoms with Gasteiger partial charge in [0, 0.05) is 28.6 Å². The van der Waals surface area contributed by atoms with Crippen LogP contribution in [0.4, 0.5) is 0 Å². The molecule has 0 saturated carbocycles. The minimum Gasteiger partial charge on any atom is -0.295 e. The molecule has 2 nitrogen and oxygen atoms in total. The van der Waals surface area contributed by atoms with Crippen LogP contribution in [-0.4, -0.2) is 5.78 Å². The molecule has 0 atom stereocenters. The first-order valence-corrected chi connectivity index (χ1v) is 6.71. The number of para-hydroxylation sites is 1. The number of benzene rings is 2.